The van der Waals surface area contributed by atoms with Gasteiger partial charge in [0.2, 0.25) is 0 Å². The first-order valence-corrected chi connectivity index (χ1v) is 9.34. The van der Waals surface area contributed by atoms with Gasteiger partial charge < -0.3 is 10.6 Å². The van der Waals surface area contributed by atoms with Crippen molar-refractivity contribution in [2.24, 2.45) is 0 Å². The number of anilines is 2. The zero-order chi connectivity index (χ0) is 16.8. The Kier molecular flexibility index (Phi) is 6.40. The minimum atomic E-state index is 0.400. The van der Waals surface area contributed by atoms with Gasteiger partial charge in [-0.05, 0) is 53.6 Å². The summed E-state index contributed by atoms with van der Waals surface area (Å²) in [6.45, 7) is 4.46. The maximum atomic E-state index is 6.03. The van der Waals surface area contributed by atoms with Gasteiger partial charge in [-0.15, -0.1) is 11.8 Å². The predicted molar refractivity (Wildman–Crippen MR) is 105 cm³/mol. The number of nitrogen functional groups attached to an aromatic ring is 1. The summed E-state index contributed by atoms with van der Waals surface area (Å²) in [6.07, 6.45) is 2.29. The summed E-state index contributed by atoms with van der Waals surface area (Å²) in [6, 6.07) is 15.2. The smallest absolute Gasteiger partial charge is 0.0364 e. The van der Waals surface area contributed by atoms with Gasteiger partial charge in [0.25, 0.3) is 0 Å². The number of nitrogens with zero attached hydrogens (tertiary/aromatic N) is 1. The van der Waals surface area contributed by atoms with E-state index in [0.717, 1.165) is 24.3 Å². The Labute approximate surface area is 145 Å². The van der Waals surface area contributed by atoms with Crippen LogP contribution in [0.4, 0.5) is 11.4 Å². The van der Waals surface area contributed by atoms with Gasteiger partial charge in [-0.25, -0.2) is 0 Å². The van der Waals surface area contributed by atoms with Gasteiger partial charge >= 0.3 is 0 Å². The van der Waals surface area contributed by atoms with Crippen molar-refractivity contribution in [1.29, 1.82) is 0 Å². The monoisotopic (exact) mass is 328 g/mol. The van der Waals surface area contributed by atoms with Gasteiger partial charge in [-0.3, -0.25) is 0 Å². The molecule has 0 spiro atoms. The Morgan fingerprint density at radius 3 is 2.48 bits per heavy atom. The zero-order valence-corrected chi connectivity index (χ0v) is 15.5. The SMILES string of the molecule is CCC[C@H](c1cccc(N)c1)c1cc(N(C)C)ccc1SCC. The fourth-order valence-electron chi connectivity index (χ4n) is 2.94. The second-order valence-electron chi connectivity index (χ2n) is 6.06. The molecule has 2 nitrogen and oxygen atoms in total. The van der Waals surface area contributed by atoms with Crippen molar-refractivity contribution in [3.05, 3.63) is 53.6 Å². The van der Waals surface area contributed by atoms with Crippen LogP contribution >= 0.6 is 11.8 Å². The molecule has 0 saturated carbocycles. The molecule has 124 valence electrons. The largest absolute Gasteiger partial charge is 0.399 e. The summed E-state index contributed by atoms with van der Waals surface area (Å²) in [4.78, 5) is 3.56. The van der Waals surface area contributed by atoms with E-state index < -0.39 is 0 Å². The van der Waals surface area contributed by atoms with Crippen LogP contribution in [-0.2, 0) is 0 Å². The average molecular weight is 329 g/mol. The summed E-state index contributed by atoms with van der Waals surface area (Å²) in [5, 5.41) is 0. The molecule has 0 aromatic heterocycles. The molecule has 2 N–H and O–H groups in total. The molecule has 0 unspecified atom stereocenters. The number of nitrogens with two attached hydrogens (primary N) is 1. The lowest BCUT2D eigenvalue weighted by Crippen LogP contribution is -2.11. The Morgan fingerprint density at radius 1 is 1.09 bits per heavy atom. The van der Waals surface area contributed by atoms with Gasteiger partial charge in [-0.1, -0.05) is 32.4 Å². The van der Waals surface area contributed by atoms with Crippen LogP contribution in [0.5, 0.6) is 0 Å². The van der Waals surface area contributed by atoms with E-state index in [1.807, 2.05) is 17.8 Å². The van der Waals surface area contributed by atoms with Crippen LogP contribution in [0.3, 0.4) is 0 Å². The molecule has 0 aliphatic heterocycles. The molecule has 0 heterocycles. The maximum absolute atomic E-state index is 6.03. The summed E-state index contributed by atoms with van der Waals surface area (Å²) in [5.41, 5.74) is 10.9. The molecule has 23 heavy (non-hydrogen) atoms. The Hall–Kier alpha value is -1.61. The highest BCUT2D eigenvalue weighted by Gasteiger charge is 2.18. The summed E-state index contributed by atoms with van der Waals surface area (Å²) >= 11 is 1.93. The predicted octanol–water partition coefficient (Wildman–Crippen LogP) is 5.38. The lowest BCUT2D eigenvalue weighted by molar-refractivity contribution is 0.688. The van der Waals surface area contributed by atoms with Crippen LogP contribution in [0.1, 0.15) is 43.7 Å². The van der Waals surface area contributed by atoms with Crippen LogP contribution < -0.4 is 10.6 Å². The normalized spacial score (nSPS) is 12.2. The van der Waals surface area contributed by atoms with E-state index in [2.05, 4.69) is 69.2 Å². The highest BCUT2D eigenvalue weighted by atomic mass is 32.2. The highest BCUT2D eigenvalue weighted by Crippen LogP contribution is 2.38. The first kappa shape index (κ1) is 17.7. The molecule has 0 aliphatic rings. The number of benzene rings is 2. The molecule has 0 amide bonds. The molecule has 1 atom stereocenters. The number of hydrogen-bond acceptors (Lipinski definition) is 3. The zero-order valence-electron chi connectivity index (χ0n) is 14.7. The van der Waals surface area contributed by atoms with Crippen molar-refractivity contribution < 1.29 is 0 Å². The third kappa shape index (κ3) is 4.44. The summed E-state index contributed by atoms with van der Waals surface area (Å²) in [5.74, 6) is 1.49. The fraction of sp³-hybridized carbons (Fsp3) is 0.400. The maximum Gasteiger partial charge on any atom is 0.0364 e. The van der Waals surface area contributed by atoms with Crippen LogP contribution in [0.25, 0.3) is 0 Å². The molecule has 2 rings (SSSR count). The van der Waals surface area contributed by atoms with Crippen molar-refractivity contribution >= 4 is 23.1 Å². The lowest BCUT2D eigenvalue weighted by Gasteiger charge is -2.23. The Balaban J connectivity index is 2.53. The molecule has 2 aromatic rings. The van der Waals surface area contributed by atoms with Crippen LogP contribution in [-0.4, -0.2) is 19.8 Å². The topological polar surface area (TPSA) is 29.3 Å². The average Bonchev–Trinajstić information content (AvgIpc) is 2.53. The first-order valence-electron chi connectivity index (χ1n) is 8.36. The van der Waals surface area contributed by atoms with Crippen LogP contribution in [0.2, 0.25) is 0 Å². The molecule has 0 fully saturated rings. The lowest BCUT2D eigenvalue weighted by atomic mass is 9.87. The molecule has 2 aromatic carbocycles. The minimum Gasteiger partial charge on any atom is -0.399 e. The van der Waals surface area contributed by atoms with E-state index in [-0.39, 0.29) is 0 Å². The van der Waals surface area contributed by atoms with E-state index in [1.54, 1.807) is 0 Å². The van der Waals surface area contributed by atoms with Gasteiger partial charge in [0.05, 0.1) is 0 Å². The van der Waals surface area contributed by atoms with E-state index in [1.165, 1.54) is 21.7 Å². The van der Waals surface area contributed by atoms with Crippen molar-refractivity contribution in [1.82, 2.24) is 0 Å². The Morgan fingerprint density at radius 2 is 1.87 bits per heavy atom. The van der Waals surface area contributed by atoms with E-state index in [4.69, 9.17) is 5.73 Å². The van der Waals surface area contributed by atoms with E-state index in [0.29, 0.717) is 5.92 Å². The van der Waals surface area contributed by atoms with E-state index in [9.17, 15) is 0 Å². The van der Waals surface area contributed by atoms with Gasteiger partial charge in [0, 0.05) is 36.3 Å². The van der Waals surface area contributed by atoms with Gasteiger partial charge in [0.15, 0.2) is 0 Å². The van der Waals surface area contributed by atoms with Gasteiger partial charge in [-0.2, -0.15) is 0 Å². The van der Waals surface area contributed by atoms with Crippen molar-refractivity contribution in [2.75, 3.05) is 30.5 Å². The summed E-state index contributed by atoms with van der Waals surface area (Å²) in [7, 11) is 4.20. The van der Waals surface area contributed by atoms with E-state index >= 15 is 0 Å². The number of thioether (sulfide) groups is 1. The third-order valence-corrected chi connectivity index (χ3v) is 5.05. The Bertz CT molecular complexity index is 637. The van der Waals surface area contributed by atoms with Crippen LogP contribution in [0.15, 0.2) is 47.4 Å². The highest BCUT2D eigenvalue weighted by molar-refractivity contribution is 7.99. The number of hydrogen-bond donors (Lipinski definition) is 1. The molecule has 0 bridgehead atoms. The third-order valence-electron chi connectivity index (χ3n) is 4.08. The van der Waals surface area contributed by atoms with Crippen LogP contribution in [0, 0.1) is 0 Å². The summed E-state index contributed by atoms with van der Waals surface area (Å²) < 4.78 is 0. The minimum absolute atomic E-state index is 0.400. The molecular weight excluding hydrogens is 300 g/mol. The van der Waals surface area contributed by atoms with Gasteiger partial charge in [0.1, 0.15) is 0 Å². The number of rotatable bonds is 7. The fourth-order valence-corrected chi connectivity index (χ4v) is 3.78. The molecule has 3 heteroatoms. The standard InChI is InChI=1S/C20H28N2S/c1-5-8-18(15-9-7-10-16(21)13-15)19-14-17(22(3)4)11-12-20(19)23-6-2/h7,9-14,18H,5-6,8,21H2,1-4H3/t18-/m1/s1. The molecule has 0 radical (unpaired) electrons. The first-order chi connectivity index (χ1) is 11.1. The van der Waals surface area contributed by atoms with Crippen molar-refractivity contribution in [3.63, 3.8) is 0 Å². The second kappa shape index (κ2) is 8.30. The molecular formula is C20H28N2S. The quantitative estimate of drug-likeness (QED) is 0.546. The second-order valence-corrected chi connectivity index (χ2v) is 7.37. The van der Waals surface area contributed by atoms with Crippen molar-refractivity contribution in [3.8, 4) is 0 Å². The molecule has 0 aliphatic carbocycles. The van der Waals surface area contributed by atoms with Crippen molar-refractivity contribution in [2.45, 2.75) is 37.5 Å². The molecule has 0 saturated heterocycles.